The Morgan fingerprint density at radius 3 is 2.30 bits per heavy atom. The molecule has 0 saturated carbocycles. The lowest BCUT2D eigenvalue weighted by Gasteiger charge is -2.38. The standard InChI is InChI=1S/C15H22N2O3/c1-11-10-17(9-8-16(11)2)15(18)14-12(19-3)6-5-7-13(14)20-4/h5-7,11H,8-10H2,1-4H3. The number of rotatable bonds is 3. The molecule has 20 heavy (non-hydrogen) atoms. The van der Waals surface area contributed by atoms with Crippen LogP contribution < -0.4 is 9.47 Å². The number of ether oxygens (including phenoxy) is 2. The van der Waals surface area contributed by atoms with Crippen LogP contribution in [0.5, 0.6) is 11.5 Å². The van der Waals surface area contributed by atoms with Crippen molar-refractivity contribution in [1.82, 2.24) is 9.80 Å². The second-order valence-corrected chi connectivity index (χ2v) is 5.12. The molecule has 1 saturated heterocycles. The van der Waals surface area contributed by atoms with Gasteiger partial charge in [0.25, 0.3) is 5.91 Å². The normalized spacial score (nSPS) is 19.8. The molecule has 0 radical (unpaired) electrons. The fraction of sp³-hybridized carbons (Fsp3) is 0.533. The van der Waals surface area contributed by atoms with Gasteiger partial charge < -0.3 is 19.3 Å². The number of piperazine rings is 1. The lowest BCUT2D eigenvalue weighted by Crippen LogP contribution is -2.52. The highest BCUT2D eigenvalue weighted by Crippen LogP contribution is 2.30. The van der Waals surface area contributed by atoms with Gasteiger partial charge in [0.15, 0.2) is 0 Å². The third-order valence-electron chi connectivity index (χ3n) is 3.89. The van der Waals surface area contributed by atoms with Crippen molar-refractivity contribution in [2.45, 2.75) is 13.0 Å². The van der Waals surface area contributed by atoms with Crippen LogP contribution in [0.4, 0.5) is 0 Å². The largest absolute Gasteiger partial charge is 0.496 e. The molecule has 1 aromatic carbocycles. The Bertz CT molecular complexity index is 468. The molecule has 1 aliphatic rings. The summed E-state index contributed by atoms with van der Waals surface area (Å²) in [6.07, 6.45) is 0. The highest BCUT2D eigenvalue weighted by Gasteiger charge is 2.28. The van der Waals surface area contributed by atoms with E-state index in [-0.39, 0.29) is 5.91 Å². The molecular weight excluding hydrogens is 256 g/mol. The van der Waals surface area contributed by atoms with Gasteiger partial charge in [0.05, 0.1) is 14.2 Å². The van der Waals surface area contributed by atoms with E-state index in [1.807, 2.05) is 11.0 Å². The maximum Gasteiger partial charge on any atom is 0.261 e. The second-order valence-electron chi connectivity index (χ2n) is 5.12. The van der Waals surface area contributed by atoms with Crippen molar-refractivity contribution in [2.75, 3.05) is 40.9 Å². The number of carbonyl (C=O) groups excluding carboxylic acids is 1. The summed E-state index contributed by atoms with van der Waals surface area (Å²) in [7, 11) is 5.21. The van der Waals surface area contributed by atoms with Gasteiger partial charge in [0, 0.05) is 25.7 Å². The fourth-order valence-electron chi connectivity index (χ4n) is 2.45. The predicted octanol–water partition coefficient (Wildman–Crippen LogP) is 1.48. The SMILES string of the molecule is COc1cccc(OC)c1C(=O)N1CCN(C)C(C)C1. The third kappa shape index (κ3) is 2.72. The number of methoxy groups -OCH3 is 2. The Morgan fingerprint density at radius 1 is 1.20 bits per heavy atom. The summed E-state index contributed by atoms with van der Waals surface area (Å²) < 4.78 is 10.6. The maximum atomic E-state index is 12.8. The van der Waals surface area contributed by atoms with E-state index in [1.54, 1.807) is 26.4 Å². The molecule has 1 amide bonds. The molecule has 1 fully saturated rings. The summed E-state index contributed by atoms with van der Waals surface area (Å²) in [6, 6.07) is 5.75. The first-order chi connectivity index (χ1) is 9.58. The van der Waals surface area contributed by atoms with Crippen LogP contribution in [0.2, 0.25) is 0 Å². The molecule has 2 rings (SSSR count). The summed E-state index contributed by atoms with van der Waals surface area (Å²) in [5.41, 5.74) is 0.509. The van der Waals surface area contributed by atoms with Gasteiger partial charge >= 0.3 is 0 Å². The maximum absolute atomic E-state index is 12.8. The zero-order chi connectivity index (χ0) is 14.7. The molecule has 1 atom stereocenters. The lowest BCUT2D eigenvalue weighted by atomic mass is 10.1. The Hall–Kier alpha value is -1.75. The molecule has 0 aliphatic carbocycles. The van der Waals surface area contributed by atoms with Gasteiger partial charge in [-0.1, -0.05) is 6.07 Å². The minimum Gasteiger partial charge on any atom is -0.496 e. The van der Waals surface area contributed by atoms with E-state index in [2.05, 4.69) is 18.9 Å². The van der Waals surface area contributed by atoms with Crippen LogP contribution in [-0.2, 0) is 0 Å². The molecule has 0 aromatic heterocycles. The minimum atomic E-state index is -0.0285. The molecule has 110 valence electrons. The van der Waals surface area contributed by atoms with Crippen LogP contribution in [0.3, 0.4) is 0 Å². The molecule has 0 bridgehead atoms. The van der Waals surface area contributed by atoms with Crippen molar-refractivity contribution in [3.63, 3.8) is 0 Å². The van der Waals surface area contributed by atoms with E-state index in [0.717, 1.165) is 19.6 Å². The average molecular weight is 278 g/mol. The van der Waals surface area contributed by atoms with Gasteiger partial charge in [-0.05, 0) is 26.1 Å². The van der Waals surface area contributed by atoms with Crippen molar-refractivity contribution in [1.29, 1.82) is 0 Å². The van der Waals surface area contributed by atoms with Crippen LogP contribution >= 0.6 is 0 Å². The molecule has 5 nitrogen and oxygen atoms in total. The van der Waals surface area contributed by atoms with Gasteiger partial charge in [0.1, 0.15) is 17.1 Å². The Kier molecular flexibility index (Phi) is 4.49. The monoisotopic (exact) mass is 278 g/mol. The van der Waals surface area contributed by atoms with E-state index >= 15 is 0 Å². The lowest BCUT2D eigenvalue weighted by molar-refractivity contribution is 0.0566. The summed E-state index contributed by atoms with van der Waals surface area (Å²) in [4.78, 5) is 16.9. The summed E-state index contributed by atoms with van der Waals surface area (Å²) >= 11 is 0. The number of amides is 1. The van der Waals surface area contributed by atoms with Gasteiger partial charge in [-0.15, -0.1) is 0 Å². The molecule has 0 spiro atoms. The van der Waals surface area contributed by atoms with Crippen LogP contribution in [0.15, 0.2) is 18.2 Å². The van der Waals surface area contributed by atoms with E-state index in [0.29, 0.717) is 23.1 Å². The number of hydrogen-bond donors (Lipinski definition) is 0. The van der Waals surface area contributed by atoms with Gasteiger partial charge in [-0.3, -0.25) is 4.79 Å². The number of benzene rings is 1. The quantitative estimate of drug-likeness (QED) is 0.840. The Labute approximate surface area is 120 Å². The van der Waals surface area contributed by atoms with Crippen LogP contribution in [0.1, 0.15) is 17.3 Å². The summed E-state index contributed by atoms with van der Waals surface area (Å²) in [6.45, 7) is 4.45. The highest BCUT2D eigenvalue weighted by atomic mass is 16.5. The zero-order valence-corrected chi connectivity index (χ0v) is 12.5. The van der Waals surface area contributed by atoms with Crippen molar-refractivity contribution < 1.29 is 14.3 Å². The van der Waals surface area contributed by atoms with Crippen LogP contribution in [0, 0.1) is 0 Å². The molecule has 1 aliphatic heterocycles. The summed E-state index contributed by atoms with van der Waals surface area (Å²) in [5.74, 6) is 1.08. The zero-order valence-electron chi connectivity index (χ0n) is 12.5. The molecule has 1 aromatic rings. The number of likely N-dealkylation sites (N-methyl/N-ethyl adjacent to an activating group) is 1. The van der Waals surface area contributed by atoms with Crippen LogP contribution in [0.25, 0.3) is 0 Å². The predicted molar refractivity (Wildman–Crippen MR) is 77.5 cm³/mol. The number of carbonyl (C=O) groups is 1. The minimum absolute atomic E-state index is 0.0285. The molecule has 0 N–H and O–H groups in total. The van der Waals surface area contributed by atoms with E-state index in [9.17, 15) is 4.79 Å². The summed E-state index contributed by atoms with van der Waals surface area (Å²) in [5, 5.41) is 0. The first kappa shape index (κ1) is 14.7. The topological polar surface area (TPSA) is 42.0 Å². The third-order valence-corrected chi connectivity index (χ3v) is 3.89. The van der Waals surface area contributed by atoms with Crippen LogP contribution in [-0.4, -0.2) is 62.7 Å². The number of nitrogens with zero attached hydrogens (tertiary/aromatic N) is 2. The number of hydrogen-bond acceptors (Lipinski definition) is 4. The van der Waals surface area contributed by atoms with E-state index < -0.39 is 0 Å². The Balaban J connectivity index is 2.29. The fourth-order valence-corrected chi connectivity index (χ4v) is 2.45. The molecular formula is C15H22N2O3. The second kappa shape index (κ2) is 6.13. The molecule has 1 heterocycles. The molecule has 1 unspecified atom stereocenters. The van der Waals surface area contributed by atoms with E-state index in [1.165, 1.54) is 0 Å². The smallest absolute Gasteiger partial charge is 0.261 e. The Morgan fingerprint density at radius 2 is 1.80 bits per heavy atom. The van der Waals surface area contributed by atoms with E-state index in [4.69, 9.17) is 9.47 Å². The first-order valence-electron chi connectivity index (χ1n) is 6.79. The average Bonchev–Trinajstić information content (AvgIpc) is 2.48. The molecule has 5 heteroatoms. The van der Waals surface area contributed by atoms with Crippen molar-refractivity contribution in [3.05, 3.63) is 23.8 Å². The van der Waals surface area contributed by atoms with Gasteiger partial charge in [-0.2, -0.15) is 0 Å². The van der Waals surface area contributed by atoms with Gasteiger partial charge in [0.2, 0.25) is 0 Å². The van der Waals surface area contributed by atoms with Crippen molar-refractivity contribution in [2.24, 2.45) is 0 Å². The van der Waals surface area contributed by atoms with Crippen molar-refractivity contribution >= 4 is 5.91 Å². The highest BCUT2D eigenvalue weighted by molar-refractivity contribution is 5.99. The first-order valence-corrected chi connectivity index (χ1v) is 6.79. The van der Waals surface area contributed by atoms with Gasteiger partial charge in [-0.25, -0.2) is 0 Å². The van der Waals surface area contributed by atoms with Crippen molar-refractivity contribution in [3.8, 4) is 11.5 Å².